The van der Waals surface area contributed by atoms with Gasteiger partial charge < -0.3 is 5.32 Å². The van der Waals surface area contributed by atoms with E-state index < -0.39 is 5.41 Å². The Kier molecular flexibility index (Phi) is 2.43. The quantitative estimate of drug-likeness (QED) is 0.822. The molecule has 2 aliphatic heterocycles. The van der Waals surface area contributed by atoms with E-state index in [0.717, 1.165) is 30.5 Å². The Balaban J connectivity index is 1.62. The van der Waals surface area contributed by atoms with Gasteiger partial charge >= 0.3 is 0 Å². The highest BCUT2D eigenvalue weighted by molar-refractivity contribution is 6.34. The molecule has 118 valence electrons. The van der Waals surface area contributed by atoms with Crippen molar-refractivity contribution in [1.29, 1.82) is 0 Å². The number of fused-ring (bicyclic) bond motifs is 3. The lowest BCUT2D eigenvalue weighted by molar-refractivity contribution is -0.123. The van der Waals surface area contributed by atoms with Gasteiger partial charge in [0, 0.05) is 5.69 Å². The van der Waals surface area contributed by atoms with E-state index in [0.29, 0.717) is 16.8 Å². The average Bonchev–Trinajstić information content (AvgIpc) is 2.98. The summed E-state index contributed by atoms with van der Waals surface area (Å²) in [6.45, 7) is 0. The summed E-state index contributed by atoms with van der Waals surface area (Å²) >= 11 is 0. The standard InChI is InChI=1S/C19H14N2O3/c22-16-12-4-1-2-5-13(12)17(23)21(16)11-6-7-15-14(10-11)19(8-3-9-19)18(24)20-15/h1-2,4-7,10H,3,8-9H2,(H,20,24). The first-order valence-corrected chi connectivity index (χ1v) is 8.06. The summed E-state index contributed by atoms with van der Waals surface area (Å²) in [5.41, 5.74) is 2.62. The van der Waals surface area contributed by atoms with Crippen molar-refractivity contribution in [3.63, 3.8) is 0 Å². The number of anilines is 2. The van der Waals surface area contributed by atoms with Gasteiger partial charge in [0.2, 0.25) is 5.91 Å². The number of nitrogens with zero attached hydrogens (tertiary/aromatic N) is 1. The van der Waals surface area contributed by atoms with Crippen LogP contribution in [0.2, 0.25) is 0 Å². The van der Waals surface area contributed by atoms with Gasteiger partial charge in [0.15, 0.2) is 0 Å². The summed E-state index contributed by atoms with van der Waals surface area (Å²) in [6, 6.07) is 12.2. The molecule has 0 saturated heterocycles. The summed E-state index contributed by atoms with van der Waals surface area (Å²) in [5, 5.41) is 2.92. The molecular formula is C19H14N2O3. The molecule has 24 heavy (non-hydrogen) atoms. The van der Waals surface area contributed by atoms with Crippen LogP contribution in [0.4, 0.5) is 11.4 Å². The van der Waals surface area contributed by atoms with Crippen molar-refractivity contribution in [2.75, 3.05) is 10.2 Å². The fourth-order valence-corrected chi connectivity index (χ4v) is 3.99. The molecule has 5 rings (SSSR count). The highest BCUT2D eigenvalue weighted by Gasteiger charge is 2.51. The van der Waals surface area contributed by atoms with Crippen molar-refractivity contribution in [3.05, 3.63) is 59.2 Å². The monoisotopic (exact) mass is 318 g/mol. The second-order valence-corrected chi connectivity index (χ2v) is 6.61. The number of hydrogen-bond acceptors (Lipinski definition) is 3. The van der Waals surface area contributed by atoms with Gasteiger partial charge in [-0.15, -0.1) is 0 Å². The molecule has 3 aliphatic rings. The third-order valence-corrected chi connectivity index (χ3v) is 5.46. The Bertz CT molecular complexity index is 908. The fraction of sp³-hybridized carbons (Fsp3) is 0.211. The Morgan fingerprint density at radius 3 is 2.17 bits per heavy atom. The number of amides is 3. The molecule has 0 atom stereocenters. The van der Waals surface area contributed by atoms with Crippen molar-refractivity contribution in [2.45, 2.75) is 24.7 Å². The van der Waals surface area contributed by atoms with Gasteiger partial charge in [-0.3, -0.25) is 14.4 Å². The molecule has 0 bridgehead atoms. The number of benzene rings is 2. The van der Waals surface area contributed by atoms with Crippen LogP contribution in [0.25, 0.3) is 0 Å². The van der Waals surface area contributed by atoms with Crippen LogP contribution in [0, 0.1) is 0 Å². The average molecular weight is 318 g/mol. The summed E-state index contributed by atoms with van der Waals surface area (Å²) in [7, 11) is 0. The van der Waals surface area contributed by atoms with Gasteiger partial charge in [0.1, 0.15) is 0 Å². The van der Waals surface area contributed by atoms with Crippen LogP contribution < -0.4 is 10.2 Å². The van der Waals surface area contributed by atoms with Gasteiger partial charge in [-0.05, 0) is 48.7 Å². The van der Waals surface area contributed by atoms with E-state index in [1.807, 2.05) is 6.07 Å². The van der Waals surface area contributed by atoms with E-state index >= 15 is 0 Å². The SMILES string of the molecule is O=C1c2ccccc2C(=O)N1c1ccc2c(c1)C1(CCC1)C(=O)N2. The highest BCUT2D eigenvalue weighted by Crippen LogP contribution is 2.52. The molecule has 1 N–H and O–H groups in total. The van der Waals surface area contributed by atoms with Gasteiger partial charge in [-0.25, -0.2) is 4.90 Å². The fourth-order valence-electron chi connectivity index (χ4n) is 3.99. The van der Waals surface area contributed by atoms with Crippen molar-refractivity contribution >= 4 is 29.1 Å². The summed E-state index contributed by atoms with van der Waals surface area (Å²) in [4.78, 5) is 38.8. The predicted molar refractivity (Wildman–Crippen MR) is 88.2 cm³/mol. The van der Waals surface area contributed by atoms with E-state index in [1.54, 1.807) is 36.4 Å². The molecule has 5 heteroatoms. The molecule has 0 unspecified atom stereocenters. The zero-order chi connectivity index (χ0) is 16.5. The van der Waals surface area contributed by atoms with E-state index in [-0.39, 0.29) is 17.7 Å². The summed E-state index contributed by atoms with van der Waals surface area (Å²) < 4.78 is 0. The van der Waals surface area contributed by atoms with Crippen LogP contribution in [0.1, 0.15) is 45.5 Å². The number of nitrogens with one attached hydrogen (secondary N) is 1. The lowest BCUT2D eigenvalue weighted by Gasteiger charge is -2.36. The van der Waals surface area contributed by atoms with Crippen LogP contribution in [0.5, 0.6) is 0 Å². The number of carbonyl (C=O) groups excluding carboxylic acids is 3. The van der Waals surface area contributed by atoms with Crippen LogP contribution in [-0.2, 0) is 10.2 Å². The maximum atomic E-state index is 12.6. The Morgan fingerprint density at radius 1 is 0.917 bits per heavy atom. The second kappa shape index (κ2) is 4.32. The maximum absolute atomic E-state index is 12.6. The number of carbonyl (C=O) groups is 3. The highest BCUT2D eigenvalue weighted by atomic mass is 16.2. The minimum Gasteiger partial charge on any atom is -0.325 e. The van der Waals surface area contributed by atoms with Crippen LogP contribution in [0.3, 0.4) is 0 Å². The van der Waals surface area contributed by atoms with Crippen molar-refractivity contribution in [2.24, 2.45) is 0 Å². The molecule has 1 saturated carbocycles. The van der Waals surface area contributed by atoms with Crippen LogP contribution in [0.15, 0.2) is 42.5 Å². The van der Waals surface area contributed by atoms with Crippen LogP contribution >= 0.6 is 0 Å². The zero-order valence-electron chi connectivity index (χ0n) is 12.8. The summed E-state index contributed by atoms with van der Waals surface area (Å²) in [6.07, 6.45) is 2.65. The molecule has 3 amide bonds. The normalized spacial score (nSPS) is 20.0. The Labute approximate surface area is 138 Å². The summed E-state index contributed by atoms with van der Waals surface area (Å²) in [5.74, 6) is -0.589. The Morgan fingerprint density at radius 2 is 1.58 bits per heavy atom. The maximum Gasteiger partial charge on any atom is 0.266 e. The molecule has 2 aromatic rings. The van der Waals surface area contributed by atoms with E-state index in [4.69, 9.17) is 0 Å². The molecule has 0 radical (unpaired) electrons. The minimum absolute atomic E-state index is 0.0308. The van der Waals surface area contributed by atoms with Crippen molar-refractivity contribution < 1.29 is 14.4 Å². The molecule has 1 fully saturated rings. The predicted octanol–water partition coefficient (Wildman–Crippen LogP) is 2.86. The molecule has 1 aliphatic carbocycles. The molecule has 0 aromatic heterocycles. The number of rotatable bonds is 1. The zero-order valence-corrected chi connectivity index (χ0v) is 12.8. The first kappa shape index (κ1) is 13.5. The third kappa shape index (κ3) is 1.47. The second-order valence-electron chi connectivity index (χ2n) is 6.61. The smallest absolute Gasteiger partial charge is 0.266 e. The van der Waals surface area contributed by atoms with Gasteiger partial charge in [-0.2, -0.15) is 0 Å². The molecular weight excluding hydrogens is 304 g/mol. The van der Waals surface area contributed by atoms with E-state index in [1.165, 1.54) is 4.90 Å². The van der Waals surface area contributed by atoms with Crippen LogP contribution in [-0.4, -0.2) is 17.7 Å². The van der Waals surface area contributed by atoms with Gasteiger partial charge in [-0.1, -0.05) is 18.6 Å². The third-order valence-electron chi connectivity index (χ3n) is 5.46. The first-order chi connectivity index (χ1) is 11.6. The lowest BCUT2D eigenvalue weighted by atomic mass is 9.65. The number of hydrogen-bond donors (Lipinski definition) is 1. The van der Waals surface area contributed by atoms with Gasteiger partial charge in [0.05, 0.1) is 22.2 Å². The van der Waals surface area contributed by atoms with Crippen molar-refractivity contribution in [3.8, 4) is 0 Å². The first-order valence-electron chi connectivity index (χ1n) is 8.06. The topological polar surface area (TPSA) is 66.5 Å². The van der Waals surface area contributed by atoms with E-state index in [2.05, 4.69) is 5.32 Å². The van der Waals surface area contributed by atoms with Crippen molar-refractivity contribution in [1.82, 2.24) is 0 Å². The number of imide groups is 1. The minimum atomic E-state index is -0.468. The largest absolute Gasteiger partial charge is 0.325 e. The lowest BCUT2D eigenvalue weighted by Crippen LogP contribution is -2.41. The Hall–Kier alpha value is -2.95. The molecule has 2 aromatic carbocycles. The molecule has 2 heterocycles. The van der Waals surface area contributed by atoms with E-state index in [9.17, 15) is 14.4 Å². The molecule has 5 nitrogen and oxygen atoms in total. The van der Waals surface area contributed by atoms with Gasteiger partial charge in [0.25, 0.3) is 11.8 Å². The molecule has 1 spiro atoms.